The number of β-amino-alcohol motifs (C(OH)–C–C–N with tert-alkyl or cyclic N) is 1. The Labute approximate surface area is 120 Å². The van der Waals surface area contributed by atoms with E-state index < -0.39 is 0 Å². The van der Waals surface area contributed by atoms with Crippen LogP contribution in [0.4, 0.5) is 5.69 Å². The fourth-order valence-corrected chi connectivity index (χ4v) is 2.85. The van der Waals surface area contributed by atoms with E-state index in [1.165, 1.54) is 0 Å². The number of halogens is 1. The van der Waals surface area contributed by atoms with Crippen LogP contribution < -0.4 is 10.2 Å². The van der Waals surface area contributed by atoms with Gasteiger partial charge in [-0.3, -0.25) is 0 Å². The van der Waals surface area contributed by atoms with Gasteiger partial charge in [0, 0.05) is 29.8 Å². The molecule has 0 saturated carbocycles. The minimum Gasteiger partial charge on any atom is -0.391 e. The minimum atomic E-state index is -0.205. The van der Waals surface area contributed by atoms with Crippen LogP contribution in [0, 0.1) is 0 Å². The smallest absolute Gasteiger partial charge is 0.0731 e. The van der Waals surface area contributed by atoms with Gasteiger partial charge in [-0.2, -0.15) is 0 Å². The molecule has 0 amide bonds. The number of hydrogen-bond acceptors (Lipinski definition) is 3. The summed E-state index contributed by atoms with van der Waals surface area (Å²) in [7, 11) is 0. The van der Waals surface area contributed by atoms with Crippen molar-refractivity contribution < 1.29 is 5.11 Å². The molecular formula is C15H23ClN2O. The second-order valence-electron chi connectivity index (χ2n) is 5.27. The summed E-state index contributed by atoms with van der Waals surface area (Å²) in [6, 6.07) is 6.48. The molecule has 106 valence electrons. The van der Waals surface area contributed by atoms with Crippen molar-refractivity contribution in [1.29, 1.82) is 0 Å². The number of nitrogens with zero attached hydrogens (tertiary/aromatic N) is 1. The molecule has 0 bridgehead atoms. The highest BCUT2D eigenvalue weighted by Crippen LogP contribution is 2.29. The van der Waals surface area contributed by atoms with Gasteiger partial charge in [-0.05, 0) is 44.0 Å². The first kappa shape index (κ1) is 14.6. The van der Waals surface area contributed by atoms with Crippen LogP contribution in [-0.2, 0) is 0 Å². The summed E-state index contributed by atoms with van der Waals surface area (Å²) in [5.41, 5.74) is 2.24. The van der Waals surface area contributed by atoms with E-state index in [0.29, 0.717) is 6.54 Å². The van der Waals surface area contributed by atoms with Gasteiger partial charge < -0.3 is 15.3 Å². The van der Waals surface area contributed by atoms with Gasteiger partial charge in [-0.1, -0.05) is 24.6 Å². The van der Waals surface area contributed by atoms with E-state index in [1.807, 2.05) is 6.07 Å². The lowest BCUT2D eigenvalue weighted by molar-refractivity contribution is 0.198. The predicted molar refractivity (Wildman–Crippen MR) is 81.0 cm³/mol. The molecule has 0 spiro atoms. The summed E-state index contributed by atoms with van der Waals surface area (Å²) in [5, 5.41) is 13.8. The van der Waals surface area contributed by atoms with Crippen LogP contribution in [0.15, 0.2) is 18.2 Å². The molecule has 2 N–H and O–H groups in total. The third-order valence-electron chi connectivity index (χ3n) is 3.68. The van der Waals surface area contributed by atoms with Gasteiger partial charge in [0.05, 0.1) is 6.10 Å². The predicted octanol–water partition coefficient (Wildman–Crippen LogP) is 2.97. The number of hydrogen-bond donors (Lipinski definition) is 2. The Hall–Kier alpha value is -0.770. The van der Waals surface area contributed by atoms with Crippen LogP contribution in [0.25, 0.3) is 0 Å². The molecule has 3 nitrogen and oxygen atoms in total. The highest BCUT2D eigenvalue weighted by Gasteiger charge is 2.21. The Morgan fingerprint density at radius 1 is 1.53 bits per heavy atom. The van der Waals surface area contributed by atoms with E-state index in [2.05, 4.69) is 36.2 Å². The number of anilines is 1. The summed E-state index contributed by atoms with van der Waals surface area (Å²) in [6.45, 7) is 6.90. The summed E-state index contributed by atoms with van der Waals surface area (Å²) in [6.07, 6.45) is 1.75. The average Bonchev–Trinajstić information content (AvgIpc) is 2.82. The molecule has 2 rings (SSSR count). The molecule has 1 aromatic rings. The molecule has 1 aliphatic heterocycles. The number of aliphatic hydroxyl groups is 1. The zero-order valence-corrected chi connectivity index (χ0v) is 12.5. The van der Waals surface area contributed by atoms with Crippen LogP contribution in [-0.4, -0.2) is 30.8 Å². The molecular weight excluding hydrogens is 260 g/mol. The molecule has 1 fully saturated rings. The van der Waals surface area contributed by atoms with Crippen LogP contribution in [0.5, 0.6) is 0 Å². The van der Waals surface area contributed by atoms with Crippen LogP contribution >= 0.6 is 11.6 Å². The maximum atomic E-state index is 9.59. The first-order valence-corrected chi connectivity index (χ1v) is 7.45. The lowest BCUT2D eigenvalue weighted by Crippen LogP contribution is -2.22. The average molecular weight is 283 g/mol. The quantitative estimate of drug-likeness (QED) is 0.872. The minimum absolute atomic E-state index is 0.205. The Morgan fingerprint density at radius 3 is 2.89 bits per heavy atom. The van der Waals surface area contributed by atoms with Crippen molar-refractivity contribution >= 4 is 17.3 Å². The maximum Gasteiger partial charge on any atom is 0.0731 e. The number of rotatable bonds is 5. The Kier molecular flexibility index (Phi) is 5.08. The van der Waals surface area contributed by atoms with Gasteiger partial charge in [0.2, 0.25) is 0 Å². The molecule has 2 atom stereocenters. The topological polar surface area (TPSA) is 35.5 Å². The third kappa shape index (κ3) is 3.62. The molecule has 1 aliphatic rings. The normalized spacial score (nSPS) is 20.8. The molecule has 4 heteroatoms. The van der Waals surface area contributed by atoms with Gasteiger partial charge in [-0.15, -0.1) is 0 Å². The molecule has 1 aromatic carbocycles. The zero-order chi connectivity index (χ0) is 13.8. The maximum absolute atomic E-state index is 9.59. The second kappa shape index (κ2) is 6.60. The SMILES string of the molecule is CCCNC(C)c1ccc(N2CCC(O)C2)cc1Cl. The largest absolute Gasteiger partial charge is 0.391 e. The number of nitrogens with one attached hydrogen (secondary N) is 1. The molecule has 0 radical (unpaired) electrons. The zero-order valence-electron chi connectivity index (χ0n) is 11.7. The van der Waals surface area contributed by atoms with Gasteiger partial charge in [0.25, 0.3) is 0 Å². The standard InChI is InChI=1S/C15H23ClN2O/c1-3-7-17-11(2)14-5-4-12(9-15(14)16)18-8-6-13(19)10-18/h4-5,9,11,13,17,19H,3,6-8,10H2,1-2H3. The first-order valence-electron chi connectivity index (χ1n) is 7.07. The first-order chi connectivity index (χ1) is 9.11. The van der Waals surface area contributed by atoms with E-state index in [1.54, 1.807) is 0 Å². The van der Waals surface area contributed by atoms with E-state index in [0.717, 1.165) is 42.2 Å². The van der Waals surface area contributed by atoms with Crippen LogP contribution in [0.3, 0.4) is 0 Å². The number of benzene rings is 1. The Morgan fingerprint density at radius 2 is 2.32 bits per heavy atom. The second-order valence-corrected chi connectivity index (χ2v) is 5.68. The lowest BCUT2D eigenvalue weighted by Gasteiger charge is -2.21. The van der Waals surface area contributed by atoms with E-state index in [-0.39, 0.29) is 12.1 Å². The highest BCUT2D eigenvalue weighted by molar-refractivity contribution is 6.31. The van der Waals surface area contributed by atoms with Gasteiger partial charge in [-0.25, -0.2) is 0 Å². The van der Waals surface area contributed by atoms with Crippen molar-refractivity contribution in [3.63, 3.8) is 0 Å². The van der Waals surface area contributed by atoms with Gasteiger partial charge >= 0.3 is 0 Å². The summed E-state index contributed by atoms with van der Waals surface area (Å²) < 4.78 is 0. The summed E-state index contributed by atoms with van der Waals surface area (Å²) >= 11 is 6.39. The molecule has 0 aliphatic carbocycles. The summed E-state index contributed by atoms with van der Waals surface area (Å²) in [4.78, 5) is 2.18. The highest BCUT2D eigenvalue weighted by atomic mass is 35.5. The third-order valence-corrected chi connectivity index (χ3v) is 4.01. The van der Waals surface area contributed by atoms with Crippen molar-refractivity contribution in [1.82, 2.24) is 5.32 Å². The summed E-state index contributed by atoms with van der Waals surface area (Å²) in [5.74, 6) is 0. The van der Waals surface area contributed by atoms with Crippen LogP contribution in [0.1, 0.15) is 38.3 Å². The number of aliphatic hydroxyl groups excluding tert-OH is 1. The molecule has 0 aromatic heterocycles. The molecule has 1 saturated heterocycles. The monoisotopic (exact) mass is 282 g/mol. The molecule has 19 heavy (non-hydrogen) atoms. The van der Waals surface area contributed by atoms with Crippen molar-refractivity contribution in [2.45, 2.75) is 38.8 Å². The Balaban J connectivity index is 2.08. The van der Waals surface area contributed by atoms with Gasteiger partial charge in [0.1, 0.15) is 0 Å². The van der Waals surface area contributed by atoms with Crippen LogP contribution in [0.2, 0.25) is 5.02 Å². The van der Waals surface area contributed by atoms with Crippen molar-refractivity contribution in [2.24, 2.45) is 0 Å². The van der Waals surface area contributed by atoms with E-state index in [9.17, 15) is 5.11 Å². The van der Waals surface area contributed by atoms with Crippen molar-refractivity contribution in [2.75, 3.05) is 24.5 Å². The molecule has 2 unspecified atom stereocenters. The lowest BCUT2D eigenvalue weighted by atomic mass is 10.1. The van der Waals surface area contributed by atoms with E-state index >= 15 is 0 Å². The van der Waals surface area contributed by atoms with E-state index in [4.69, 9.17) is 11.6 Å². The van der Waals surface area contributed by atoms with Crippen molar-refractivity contribution in [3.05, 3.63) is 28.8 Å². The Bertz CT molecular complexity index is 425. The molecule has 1 heterocycles. The van der Waals surface area contributed by atoms with Crippen molar-refractivity contribution in [3.8, 4) is 0 Å². The fraction of sp³-hybridized carbons (Fsp3) is 0.600. The fourth-order valence-electron chi connectivity index (χ4n) is 2.51. The van der Waals surface area contributed by atoms with Gasteiger partial charge in [0.15, 0.2) is 0 Å².